The van der Waals surface area contributed by atoms with Crippen molar-refractivity contribution in [2.75, 3.05) is 13.7 Å². The standard InChI is InChI=1S/C16H23NO4/c1-6-21-15(19)13(14(18)17-16(2,3)4)11-7-9-12(20-5)10-8-11/h7-10,13H,6H2,1-5H3,(H,17,18). The Morgan fingerprint density at radius 2 is 1.76 bits per heavy atom. The van der Waals surface area contributed by atoms with E-state index in [9.17, 15) is 9.59 Å². The quantitative estimate of drug-likeness (QED) is 0.668. The summed E-state index contributed by atoms with van der Waals surface area (Å²) in [6, 6.07) is 6.82. The van der Waals surface area contributed by atoms with Crippen LogP contribution in [-0.4, -0.2) is 31.1 Å². The Balaban J connectivity index is 3.06. The number of amides is 1. The zero-order chi connectivity index (χ0) is 16.0. The van der Waals surface area contributed by atoms with Crippen LogP contribution in [0.15, 0.2) is 24.3 Å². The highest BCUT2D eigenvalue weighted by atomic mass is 16.5. The van der Waals surface area contributed by atoms with Gasteiger partial charge in [0, 0.05) is 5.54 Å². The van der Waals surface area contributed by atoms with Crippen molar-refractivity contribution in [1.29, 1.82) is 0 Å². The number of nitrogens with one attached hydrogen (secondary N) is 1. The van der Waals surface area contributed by atoms with Crippen LogP contribution in [0, 0.1) is 0 Å². The summed E-state index contributed by atoms with van der Waals surface area (Å²) in [6.45, 7) is 7.53. The first-order valence-electron chi connectivity index (χ1n) is 6.91. The van der Waals surface area contributed by atoms with Crippen LogP contribution in [0.1, 0.15) is 39.2 Å². The smallest absolute Gasteiger partial charge is 0.323 e. The van der Waals surface area contributed by atoms with E-state index in [-0.39, 0.29) is 12.5 Å². The average Bonchev–Trinajstić information content (AvgIpc) is 2.38. The van der Waals surface area contributed by atoms with Crippen LogP contribution in [-0.2, 0) is 14.3 Å². The Bertz CT molecular complexity index is 488. The molecule has 1 rings (SSSR count). The first kappa shape index (κ1) is 17.0. The summed E-state index contributed by atoms with van der Waals surface area (Å²) < 4.78 is 10.1. The Morgan fingerprint density at radius 1 is 1.19 bits per heavy atom. The lowest BCUT2D eigenvalue weighted by Crippen LogP contribution is -2.45. The Morgan fingerprint density at radius 3 is 2.19 bits per heavy atom. The van der Waals surface area contributed by atoms with Gasteiger partial charge in [0.05, 0.1) is 13.7 Å². The summed E-state index contributed by atoms with van der Waals surface area (Å²) in [7, 11) is 1.56. The van der Waals surface area contributed by atoms with Gasteiger partial charge in [-0.1, -0.05) is 12.1 Å². The molecule has 1 N–H and O–H groups in total. The van der Waals surface area contributed by atoms with E-state index in [1.54, 1.807) is 38.3 Å². The fourth-order valence-electron chi connectivity index (χ4n) is 1.86. The molecule has 0 radical (unpaired) electrons. The maximum absolute atomic E-state index is 12.4. The minimum atomic E-state index is -0.977. The average molecular weight is 293 g/mol. The molecule has 0 aliphatic carbocycles. The van der Waals surface area contributed by atoms with Crippen LogP contribution in [0.4, 0.5) is 0 Å². The van der Waals surface area contributed by atoms with Gasteiger partial charge in [0.2, 0.25) is 5.91 Å². The van der Waals surface area contributed by atoms with Crippen LogP contribution >= 0.6 is 0 Å². The van der Waals surface area contributed by atoms with Crippen LogP contribution in [0.5, 0.6) is 5.75 Å². The van der Waals surface area contributed by atoms with Gasteiger partial charge < -0.3 is 14.8 Å². The van der Waals surface area contributed by atoms with Crippen molar-refractivity contribution < 1.29 is 19.1 Å². The minimum Gasteiger partial charge on any atom is -0.497 e. The highest BCUT2D eigenvalue weighted by Crippen LogP contribution is 2.22. The molecular weight excluding hydrogens is 270 g/mol. The Labute approximate surface area is 125 Å². The maximum atomic E-state index is 12.4. The first-order chi connectivity index (χ1) is 9.78. The van der Waals surface area contributed by atoms with E-state index in [0.717, 1.165) is 0 Å². The van der Waals surface area contributed by atoms with Crippen LogP contribution in [0.2, 0.25) is 0 Å². The number of ether oxygens (including phenoxy) is 2. The number of hydrogen-bond acceptors (Lipinski definition) is 4. The fraction of sp³-hybridized carbons (Fsp3) is 0.500. The van der Waals surface area contributed by atoms with Gasteiger partial charge in [-0.05, 0) is 45.4 Å². The summed E-state index contributed by atoms with van der Waals surface area (Å²) in [5, 5.41) is 2.81. The molecule has 0 bridgehead atoms. The predicted molar refractivity (Wildman–Crippen MR) is 80.3 cm³/mol. The van der Waals surface area contributed by atoms with Gasteiger partial charge in [-0.15, -0.1) is 0 Å². The molecule has 5 heteroatoms. The second-order valence-electron chi connectivity index (χ2n) is 5.70. The topological polar surface area (TPSA) is 64.6 Å². The molecule has 1 unspecified atom stereocenters. The molecule has 1 amide bonds. The van der Waals surface area contributed by atoms with Crippen molar-refractivity contribution in [3.05, 3.63) is 29.8 Å². The van der Waals surface area contributed by atoms with E-state index in [1.807, 2.05) is 20.8 Å². The molecule has 1 atom stereocenters. The number of benzene rings is 1. The summed E-state index contributed by atoms with van der Waals surface area (Å²) >= 11 is 0. The molecule has 0 aliphatic heterocycles. The lowest BCUT2D eigenvalue weighted by atomic mass is 9.96. The van der Waals surface area contributed by atoms with Crippen molar-refractivity contribution >= 4 is 11.9 Å². The molecule has 0 aromatic heterocycles. The number of rotatable bonds is 5. The zero-order valence-electron chi connectivity index (χ0n) is 13.2. The van der Waals surface area contributed by atoms with Crippen molar-refractivity contribution in [2.24, 2.45) is 0 Å². The van der Waals surface area contributed by atoms with Gasteiger partial charge in [-0.25, -0.2) is 0 Å². The molecule has 116 valence electrons. The second-order valence-corrected chi connectivity index (χ2v) is 5.70. The third-order valence-corrected chi connectivity index (χ3v) is 2.73. The second kappa shape index (κ2) is 7.11. The number of esters is 1. The summed E-state index contributed by atoms with van der Waals surface area (Å²) in [5.41, 5.74) is 0.157. The third kappa shape index (κ3) is 5.10. The lowest BCUT2D eigenvalue weighted by molar-refractivity contribution is -0.148. The normalized spacial score (nSPS) is 12.4. The van der Waals surface area contributed by atoms with E-state index in [4.69, 9.17) is 9.47 Å². The SMILES string of the molecule is CCOC(=O)C(C(=O)NC(C)(C)C)c1ccc(OC)cc1. The molecular formula is C16H23NO4. The number of carbonyl (C=O) groups is 2. The highest BCUT2D eigenvalue weighted by Gasteiger charge is 2.32. The van der Waals surface area contributed by atoms with Crippen LogP contribution in [0.25, 0.3) is 0 Å². The molecule has 0 aliphatic rings. The highest BCUT2D eigenvalue weighted by molar-refractivity contribution is 6.03. The van der Waals surface area contributed by atoms with Gasteiger partial charge in [0.25, 0.3) is 0 Å². The molecule has 0 spiro atoms. The van der Waals surface area contributed by atoms with Crippen molar-refractivity contribution in [1.82, 2.24) is 5.32 Å². The summed E-state index contributed by atoms with van der Waals surface area (Å²) in [5.74, 6) is -1.23. The Hall–Kier alpha value is -2.04. The minimum absolute atomic E-state index is 0.230. The molecule has 0 saturated heterocycles. The van der Waals surface area contributed by atoms with E-state index < -0.39 is 17.4 Å². The van der Waals surface area contributed by atoms with Gasteiger partial charge in [-0.2, -0.15) is 0 Å². The third-order valence-electron chi connectivity index (χ3n) is 2.73. The van der Waals surface area contributed by atoms with E-state index in [2.05, 4.69) is 5.32 Å². The molecule has 1 aromatic carbocycles. The fourth-order valence-corrected chi connectivity index (χ4v) is 1.86. The number of methoxy groups -OCH3 is 1. The maximum Gasteiger partial charge on any atom is 0.323 e. The first-order valence-corrected chi connectivity index (χ1v) is 6.91. The van der Waals surface area contributed by atoms with Gasteiger partial charge in [-0.3, -0.25) is 9.59 Å². The number of carbonyl (C=O) groups excluding carboxylic acids is 2. The van der Waals surface area contributed by atoms with E-state index in [0.29, 0.717) is 11.3 Å². The van der Waals surface area contributed by atoms with Crippen LogP contribution in [0.3, 0.4) is 0 Å². The van der Waals surface area contributed by atoms with Crippen molar-refractivity contribution in [2.45, 2.75) is 39.2 Å². The van der Waals surface area contributed by atoms with Crippen molar-refractivity contribution in [3.8, 4) is 5.75 Å². The largest absolute Gasteiger partial charge is 0.497 e. The molecule has 0 saturated carbocycles. The van der Waals surface area contributed by atoms with Gasteiger partial charge >= 0.3 is 5.97 Å². The monoisotopic (exact) mass is 293 g/mol. The molecule has 0 heterocycles. The predicted octanol–water partition coefficient (Wildman–Crippen LogP) is 2.26. The zero-order valence-corrected chi connectivity index (χ0v) is 13.2. The van der Waals surface area contributed by atoms with Crippen LogP contribution < -0.4 is 10.1 Å². The summed E-state index contributed by atoms with van der Waals surface area (Å²) in [4.78, 5) is 24.5. The van der Waals surface area contributed by atoms with E-state index in [1.165, 1.54) is 0 Å². The van der Waals surface area contributed by atoms with Crippen molar-refractivity contribution in [3.63, 3.8) is 0 Å². The lowest BCUT2D eigenvalue weighted by Gasteiger charge is -2.24. The molecule has 1 aromatic rings. The molecule has 5 nitrogen and oxygen atoms in total. The van der Waals surface area contributed by atoms with E-state index >= 15 is 0 Å². The number of hydrogen-bond donors (Lipinski definition) is 1. The summed E-state index contributed by atoms with van der Waals surface area (Å²) in [6.07, 6.45) is 0. The van der Waals surface area contributed by atoms with Gasteiger partial charge in [0.1, 0.15) is 5.75 Å². The molecule has 21 heavy (non-hydrogen) atoms. The molecule has 0 fully saturated rings. The van der Waals surface area contributed by atoms with Gasteiger partial charge in [0.15, 0.2) is 5.92 Å². The Kier molecular flexibility index (Phi) is 5.76.